The van der Waals surface area contributed by atoms with Gasteiger partial charge in [0.05, 0.1) is 11.7 Å². The molecule has 0 spiro atoms. The number of rotatable bonds is 9. The van der Waals surface area contributed by atoms with Crippen molar-refractivity contribution in [2.75, 3.05) is 10.6 Å². The van der Waals surface area contributed by atoms with E-state index in [1.54, 1.807) is 6.07 Å². The van der Waals surface area contributed by atoms with Gasteiger partial charge in [0.1, 0.15) is 11.3 Å². The number of carbonyl (C=O) groups excluding carboxylic acids is 2. The summed E-state index contributed by atoms with van der Waals surface area (Å²) in [6, 6.07) is 20.6. The monoisotopic (exact) mass is 464 g/mol. The van der Waals surface area contributed by atoms with E-state index in [1.165, 1.54) is 30.0 Å². The SMILES string of the molecule is CCC(Sc1cccc(NC(=O)Cc2ccccc2)c1)C(=O)Nc1ccc(O)c(C(=O)O)c1. The summed E-state index contributed by atoms with van der Waals surface area (Å²) in [5.74, 6) is -2.07. The highest BCUT2D eigenvalue weighted by molar-refractivity contribution is 8.00. The van der Waals surface area contributed by atoms with Gasteiger partial charge in [-0.25, -0.2) is 4.79 Å². The van der Waals surface area contributed by atoms with Crippen LogP contribution in [0.1, 0.15) is 29.3 Å². The van der Waals surface area contributed by atoms with E-state index >= 15 is 0 Å². The molecule has 33 heavy (non-hydrogen) atoms. The smallest absolute Gasteiger partial charge is 0.339 e. The number of hydrogen-bond donors (Lipinski definition) is 4. The van der Waals surface area contributed by atoms with Crippen LogP contribution in [-0.2, 0) is 16.0 Å². The van der Waals surface area contributed by atoms with E-state index in [9.17, 15) is 19.5 Å². The first-order valence-corrected chi connectivity index (χ1v) is 11.2. The Hall–Kier alpha value is -3.78. The molecule has 0 fully saturated rings. The zero-order chi connectivity index (χ0) is 23.8. The fourth-order valence-electron chi connectivity index (χ4n) is 3.13. The van der Waals surface area contributed by atoms with Gasteiger partial charge in [0.25, 0.3) is 0 Å². The number of anilines is 2. The molecule has 3 rings (SSSR count). The third kappa shape index (κ3) is 6.85. The number of carboxylic acid groups (broad SMARTS) is 1. The minimum Gasteiger partial charge on any atom is -0.507 e. The lowest BCUT2D eigenvalue weighted by atomic mass is 10.1. The molecule has 0 heterocycles. The van der Waals surface area contributed by atoms with Crippen molar-refractivity contribution >= 4 is 40.9 Å². The lowest BCUT2D eigenvalue weighted by Crippen LogP contribution is -2.24. The summed E-state index contributed by atoms with van der Waals surface area (Å²) >= 11 is 1.35. The molecule has 2 amide bonds. The van der Waals surface area contributed by atoms with Crippen LogP contribution in [0, 0.1) is 0 Å². The molecule has 0 aliphatic carbocycles. The summed E-state index contributed by atoms with van der Waals surface area (Å²) in [6.07, 6.45) is 0.800. The van der Waals surface area contributed by atoms with Gasteiger partial charge in [-0.2, -0.15) is 0 Å². The zero-order valence-electron chi connectivity index (χ0n) is 17.9. The van der Waals surface area contributed by atoms with Gasteiger partial charge in [-0.1, -0.05) is 43.3 Å². The average molecular weight is 465 g/mol. The van der Waals surface area contributed by atoms with E-state index in [1.807, 2.05) is 55.5 Å². The zero-order valence-corrected chi connectivity index (χ0v) is 18.8. The summed E-state index contributed by atoms with van der Waals surface area (Å²) < 4.78 is 0. The van der Waals surface area contributed by atoms with Crippen LogP contribution in [0.2, 0.25) is 0 Å². The van der Waals surface area contributed by atoms with Gasteiger partial charge in [0, 0.05) is 16.3 Å². The third-order valence-corrected chi connectivity index (χ3v) is 6.12. The molecule has 0 saturated carbocycles. The first-order valence-electron chi connectivity index (χ1n) is 10.3. The maximum atomic E-state index is 12.8. The molecule has 0 radical (unpaired) electrons. The molecular formula is C25H24N2O5S. The first kappa shape index (κ1) is 23.9. The molecule has 3 aromatic rings. The van der Waals surface area contributed by atoms with Crippen molar-refractivity contribution in [3.05, 3.63) is 83.9 Å². The Balaban J connectivity index is 1.64. The molecule has 7 nitrogen and oxygen atoms in total. The summed E-state index contributed by atoms with van der Waals surface area (Å²) in [5, 5.41) is 23.9. The van der Waals surface area contributed by atoms with Crippen LogP contribution >= 0.6 is 11.8 Å². The van der Waals surface area contributed by atoms with Crippen molar-refractivity contribution in [2.24, 2.45) is 0 Å². The minimum atomic E-state index is -1.28. The highest BCUT2D eigenvalue weighted by Gasteiger charge is 2.19. The average Bonchev–Trinajstić information content (AvgIpc) is 2.79. The molecule has 170 valence electrons. The fourth-order valence-corrected chi connectivity index (χ4v) is 4.14. The van der Waals surface area contributed by atoms with Gasteiger partial charge < -0.3 is 20.8 Å². The second-order valence-electron chi connectivity index (χ2n) is 7.28. The number of amides is 2. The number of phenols is 1. The van der Waals surface area contributed by atoms with Gasteiger partial charge >= 0.3 is 5.97 Å². The largest absolute Gasteiger partial charge is 0.507 e. The molecule has 0 aromatic heterocycles. The van der Waals surface area contributed by atoms with Crippen molar-refractivity contribution in [2.45, 2.75) is 29.9 Å². The van der Waals surface area contributed by atoms with Crippen LogP contribution in [0.25, 0.3) is 0 Å². The van der Waals surface area contributed by atoms with Crippen LogP contribution in [0.15, 0.2) is 77.7 Å². The van der Waals surface area contributed by atoms with Crippen LogP contribution in [0.3, 0.4) is 0 Å². The number of nitrogens with one attached hydrogen (secondary N) is 2. The lowest BCUT2D eigenvalue weighted by molar-refractivity contribution is -0.116. The van der Waals surface area contributed by atoms with Crippen molar-refractivity contribution in [3.63, 3.8) is 0 Å². The van der Waals surface area contributed by atoms with Crippen LogP contribution in [-0.4, -0.2) is 33.2 Å². The molecule has 0 aliphatic rings. The van der Waals surface area contributed by atoms with E-state index in [0.29, 0.717) is 12.1 Å². The van der Waals surface area contributed by atoms with Crippen molar-refractivity contribution < 1.29 is 24.6 Å². The molecule has 0 bridgehead atoms. The quantitative estimate of drug-likeness (QED) is 0.268. The third-order valence-electron chi connectivity index (χ3n) is 4.76. The predicted molar refractivity (Wildman–Crippen MR) is 129 cm³/mol. The maximum absolute atomic E-state index is 12.8. The lowest BCUT2D eigenvalue weighted by Gasteiger charge is -2.16. The Labute approximate surface area is 195 Å². The van der Waals surface area contributed by atoms with Gasteiger partial charge in [0.15, 0.2) is 0 Å². The molecule has 0 aliphatic heterocycles. The molecule has 1 atom stereocenters. The molecule has 0 saturated heterocycles. The number of thioether (sulfide) groups is 1. The Kier molecular flexibility index (Phi) is 8.10. The number of carboxylic acids is 1. The van der Waals surface area contributed by atoms with Gasteiger partial charge in [-0.3, -0.25) is 9.59 Å². The topological polar surface area (TPSA) is 116 Å². The number of aromatic carboxylic acids is 1. The molecule has 1 unspecified atom stereocenters. The minimum absolute atomic E-state index is 0.130. The summed E-state index contributed by atoms with van der Waals surface area (Å²) in [4.78, 5) is 37.1. The first-order chi connectivity index (χ1) is 15.9. The Bertz CT molecular complexity index is 1150. The normalized spacial score (nSPS) is 11.4. The summed E-state index contributed by atoms with van der Waals surface area (Å²) in [7, 11) is 0. The van der Waals surface area contributed by atoms with Crippen LogP contribution in [0.5, 0.6) is 5.75 Å². The van der Waals surface area contributed by atoms with Crippen LogP contribution < -0.4 is 10.6 Å². The van der Waals surface area contributed by atoms with Crippen molar-refractivity contribution in [1.29, 1.82) is 0 Å². The molecular weight excluding hydrogens is 440 g/mol. The second-order valence-corrected chi connectivity index (χ2v) is 8.56. The fraction of sp³-hybridized carbons (Fsp3) is 0.160. The summed E-state index contributed by atoms with van der Waals surface area (Å²) in [6.45, 7) is 1.88. The Morgan fingerprint density at radius 3 is 2.33 bits per heavy atom. The van der Waals surface area contributed by atoms with Crippen LogP contribution in [0.4, 0.5) is 11.4 Å². The van der Waals surface area contributed by atoms with E-state index < -0.39 is 11.2 Å². The number of aromatic hydroxyl groups is 1. The number of benzene rings is 3. The highest BCUT2D eigenvalue weighted by Crippen LogP contribution is 2.29. The van der Waals surface area contributed by atoms with E-state index in [4.69, 9.17) is 5.11 Å². The Morgan fingerprint density at radius 2 is 1.64 bits per heavy atom. The van der Waals surface area contributed by atoms with Gasteiger partial charge in [-0.15, -0.1) is 11.8 Å². The summed E-state index contributed by atoms with van der Waals surface area (Å²) in [5.41, 5.74) is 1.56. The van der Waals surface area contributed by atoms with E-state index in [2.05, 4.69) is 10.6 Å². The second kappa shape index (κ2) is 11.2. The number of carbonyl (C=O) groups is 3. The molecule has 8 heteroatoms. The van der Waals surface area contributed by atoms with Crippen molar-refractivity contribution in [3.8, 4) is 5.75 Å². The van der Waals surface area contributed by atoms with Gasteiger partial charge in [0.2, 0.25) is 11.8 Å². The molecule has 3 aromatic carbocycles. The standard InChI is InChI=1S/C25H24N2O5S/c1-2-22(24(30)27-18-11-12-21(28)20(15-18)25(31)32)33-19-10-6-9-17(14-19)26-23(29)13-16-7-4-3-5-8-16/h3-12,14-15,22,28H,2,13H2,1H3,(H,26,29)(H,27,30)(H,31,32). The highest BCUT2D eigenvalue weighted by atomic mass is 32.2. The predicted octanol–water partition coefficient (Wildman–Crippen LogP) is 4.78. The van der Waals surface area contributed by atoms with E-state index in [0.717, 1.165) is 10.5 Å². The number of hydrogen-bond acceptors (Lipinski definition) is 5. The molecule has 4 N–H and O–H groups in total. The Morgan fingerprint density at radius 1 is 0.909 bits per heavy atom. The van der Waals surface area contributed by atoms with Crippen molar-refractivity contribution in [1.82, 2.24) is 0 Å². The van der Waals surface area contributed by atoms with E-state index in [-0.39, 0.29) is 35.2 Å². The maximum Gasteiger partial charge on any atom is 0.339 e. The van der Waals surface area contributed by atoms with Gasteiger partial charge in [-0.05, 0) is 48.4 Å².